The molecule has 3 heterocycles. The number of benzene rings is 7. The average molecular weight is 782 g/mol. The first-order valence-corrected chi connectivity index (χ1v) is 20.3. The van der Waals surface area contributed by atoms with Gasteiger partial charge in [-0.2, -0.15) is 5.06 Å². The summed E-state index contributed by atoms with van der Waals surface area (Å²) in [6, 6.07) is 27.0. The Morgan fingerprint density at radius 3 is 1.34 bits per heavy atom. The Kier molecular flexibility index (Phi) is 7.35. The van der Waals surface area contributed by atoms with Gasteiger partial charge in [0, 0.05) is 33.0 Å². The number of fused-ring (bicyclic) bond motifs is 3. The molecule has 0 saturated carbocycles. The Morgan fingerprint density at radius 1 is 0.475 bits per heavy atom. The first kappa shape index (κ1) is 37.3. The van der Waals surface area contributed by atoms with Crippen LogP contribution in [0.1, 0.15) is 133 Å². The smallest absolute Gasteiger partial charge is 0.265 e. The Balaban J connectivity index is 1.14. The van der Waals surface area contributed by atoms with Crippen LogP contribution in [0.3, 0.4) is 0 Å². The van der Waals surface area contributed by atoms with Gasteiger partial charge >= 0.3 is 0 Å². The molecule has 3 aliphatic rings. The number of carbonyl (C=O) groups is 4. The van der Waals surface area contributed by atoms with Crippen molar-refractivity contribution in [2.75, 3.05) is 16.9 Å². The molecule has 0 aliphatic carbocycles. The van der Waals surface area contributed by atoms with E-state index in [1.54, 1.807) is 7.11 Å². The maximum absolute atomic E-state index is 14.8. The minimum absolute atomic E-state index is 0.198. The molecule has 8 nitrogen and oxygen atoms in total. The Morgan fingerprint density at radius 2 is 0.915 bits per heavy atom. The van der Waals surface area contributed by atoms with Crippen LogP contribution in [-0.2, 0) is 26.7 Å². The Bertz CT molecular complexity index is 2980. The molecule has 7 aromatic rings. The highest BCUT2D eigenvalue weighted by molar-refractivity contribution is 6.45. The second-order valence-electron chi connectivity index (χ2n) is 19.6. The summed E-state index contributed by atoms with van der Waals surface area (Å²) in [5, 5.41) is 8.23. The van der Waals surface area contributed by atoms with E-state index in [0.717, 1.165) is 54.6 Å². The zero-order chi connectivity index (χ0) is 42.0. The Labute approximate surface area is 343 Å². The number of rotatable bonds is 3. The SMILES string of the molecule is CON1C(C)(C)c2ccc(N3C(=O)c4ccc5c6ccc7c8c(ccc(c9ccc(c4c59)C3=O)c86)C(=O)N(c3cc(C(C)(C)C)ccc3C(C)(C)C)C7=O)cc2C1(C)C. The summed E-state index contributed by atoms with van der Waals surface area (Å²) in [5.74, 6) is -1.49. The maximum Gasteiger partial charge on any atom is 0.265 e. The maximum atomic E-state index is 14.8. The van der Waals surface area contributed by atoms with Crippen LogP contribution in [0, 0.1) is 0 Å². The monoisotopic (exact) mass is 781 g/mol. The van der Waals surface area contributed by atoms with Gasteiger partial charge in [0.25, 0.3) is 23.6 Å². The van der Waals surface area contributed by atoms with Gasteiger partial charge in [0.1, 0.15) is 0 Å². The highest BCUT2D eigenvalue weighted by Gasteiger charge is 2.50. The summed E-state index contributed by atoms with van der Waals surface area (Å²) in [6.45, 7) is 21.0. The summed E-state index contributed by atoms with van der Waals surface area (Å²) in [5.41, 5.74) is 5.48. The third-order valence-electron chi connectivity index (χ3n) is 13.3. The zero-order valence-corrected chi connectivity index (χ0v) is 35.5. The lowest BCUT2D eigenvalue weighted by Crippen LogP contribution is -2.44. The highest BCUT2D eigenvalue weighted by Crippen LogP contribution is 2.52. The van der Waals surface area contributed by atoms with E-state index in [1.807, 2.05) is 77.9 Å². The van der Waals surface area contributed by atoms with Gasteiger partial charge in [-0.25, -0.2) is 9.80 Å². The molecule has 0 fully saturated rings. The van der Waals surface area contributed by atoms with Gasteiger partial charge < -0.3 is 4.84 Å². The van der Waals surface area contributed by atoms with E-state index in [1.165, 1.54) is 9.80 Å². The van der Waals surface area contributed by atoms with Crippen LogP contribution in [0.5, 0.6) is 0 Å². The second-order valence-corrected chi connectivity index (χ2v) is 19.6. The lowest BCUT2D eigenvalue weighted by atomic mass is 9.79. The average Bonchev–Trinajstić information content (AvgIpc) is 3.33. The van der Waals surface area contributed by atoms with Crippen molar-refractivity contribution in [2.24, 2.45) is 0 Å². The van der Waals surface area contributed by atoms with Crippen LogP contribution in [0.2, 0.25) is 0 Å². The molecule has 296 valence electrons. The van der Waals surface area contributed by atoms with Crippen molar-refractivity contribution in [3.63, 3.8) is 0 Å². The van der Waals surface area contributed by atoms with Gasteiger partial charge in [0.2, 0.25) is 0 Å². The fourth-order valence-corrected chi connectivity index (χ4v) is 10.6. The van der Waals surface area contributed by atoms with Gasteiger partial charge in [-0.15, -0.1) is 0 Å². The molecular weight excluding hydrogens is 735 g/mol. The molecule has 0 unspecified atom stereocenters. The van der Waals surface area contributed by atoms with Gasteiger partial charge in [-0.05, 0) is 136 Å². The van der Waals surface area contributed by atoms with Crippen LogP contribution >= 0.6 is 0 Å². The van der Waals surface area contributed by atoms with E-state index < -0.39 is 11.1 Å². The molecule has 0 saturated heterocycles. The van der Waals surface area contributed by atoms with Crippen molar-refractivity contribution in [3.05, 3.63) is 129 Å². The van der Waals surface area contributed by atoms with Gasteiger partial charge in [0.05, 0.1) is 29.6 Å². The molecule has 3 aliphatic heterocycles. The quantitative estimate of drug-likeness (QED) is 0.101. The topological polar surface area (TPSA) is 87.2 Å². The van der Waals surface area contributed by atoms with Crippen LogP contribution in [0.4, 0.5) is 11.4 Å². The summed E-state index contributed by atoms with van der Waals surface area (Å²) in [7, 11) is 1.66. The minimum atomic E-state index is -0.515. The van der Waals surface area contributed by atoms with E-state index in [9.17, 15) is 19.2 Å². The molecule has 59 heavy (non-hydrogen) atoms. The largest absolute Gasteiger partial charge is 0.301 e. The molecule has 4 amide bonds. The van der Waals surface area contributed by atoms with Crippen molar-refractivity contribution in [2.45, 2.75) is 91.1 Å². The first-order chi connectivity index (χ1) is 27.7. The third-order valence-corrected chi connectivity index (χ3v) is 13.3. The second kappa shape index (κ2) is 11.6. The van der Waals surface area contributed by atoms with E-state index >= 15 is 0 Å². The number of hydrogen-bond donors (Lipinski definition) is 0. The Hall–Kier alpha value is -5.96. The molecule has 0 bridgehead atoms. The van der Waals surface area contributed by atoms with Crippen LogP contribution in [0.15, 0.2) is 84.9 Å². The van der Waals surface area contributed by atoms with Crippen molar-refractivity contribution in [1.82, 2.24) is 5.06 Å². The lowest BCUT2D eigenvalue weighted by molar-refractivity contribution is -0.241. The molecule has 8 heteroatoms. The molecule has 0 N–H and O–H groups in total. The summed E-state index contributed by atoms with van der Waals surface area (Å²) in [6.07, 6.45) is 0. The van der Waals surface area contributed by atoms with Crippen molar-refractivity contribution < 1.29 is 24.0 Å². The number of imide groups is 2. The van der Waals surface area contributed by atoms with Crippen molar-refractivity contribution in [3.8, 4) is 0 Å². The molecule has 0 atom stereocenters. The predicted molar refractivity (Wildman–Crippen MR) is 235 cm³/mol. The van der Waals surface area contributed by atoms with Crippen LogP contribution in [-0.4, -0.2) is 35.8 Å². The number of carbonyl (C=O) groups excluding carboxylic acids is 4. The number of hydroxylamine groups is 2. The van der Waals surface area contributed by atoms with E-state index in [4.69, 9.17) is 4.84 Å². The normalized spacial score (nSPS) is 17.7. The molecule has 0 radical (unpaired) electrons. The van der Waals surface area contributed by atoms with Crippen LogP contribution in [0.25, 0.3) is 43.1 Å². The third kappa shape index (κ3) is 4.73. The number of hydrogen-bond acceptors (Lipinski definition) is 6. The van der Waals surface area contributed by atoms with Crippen molar-refractivity contribution >= 4 is 78.1 Å². The molecular formula is C51H47N3O5. The molecule has 10 rings (SSSR count). The summed E-state index contributed by atoms with van der Waals surface area (Å²) >= 11 is 0. The fourth-order valence-electron chi connectivity index (χ4n) is 10.6. The van der Waals surface area contributed by atoms with E-state index in [-0.39, 0.29) is 34.5 Å². The van der Waals surface area contributed by atoms with Gasteiger partial charge in [0.15, 0.2) is 0 Å². The zero-order valence-electron chi connectivity index (χ0n) is 35.5. The highest BCUT2D eigenvalue weighted by atomic mass is 16.7. The minimum Gasteiger partial charge on any atom is -0.301 e. The first-order valence-electron chi connectivity index (χ1n) is 20.3. The van der Waals surface area contributed by atoms with Gasteiger partial charge in [-0.1, -0.05) is 84.0 Å². The lowest BCUT2D eigenvalue weighted by Gasteiger charge is -2.38. The van der Waals surface area contributed by atoms with Crippen LogP contribution < -0.4 is 9.80 Å². The summed E-state index contributed by atoms with van der Waals surface area (Å²) in [4.78, 5) is 67.2. The molecule has 0 spiro atoms. The standard InChI is InChI=1S/C51H47N3O5/c1-48(2,3)26-12-22-37(49(4,5)6)39(24-26)53-46(57)34-20-16-30-28-14-18-32-42-33(19-15-29(40(28)42)31-17-21-35(47(53)58)43(34)41(30)31)45(56)52(44(32)55)27-13-23-36-38(25-27)51(9,10)54(59-11)50(36,7)8/h12-25H,1-11H3. The van der Waals surface area contributed by atoms with Gasteiger partial charge in [-0.3, -0.25) is 19.2 Å². The molecule has 0 aromatic heterocycles. The predicted octanol–water partition coefficient (Wildman–Crippen LogP) is 11.3. The summed E-state index contributed by atoms with van der Waals surface area (Å²) < 4.78 is 0. The van der Waals surface area contributed by atoms with Crippen molar-refractivity contribution in [1.29, 1.82) is 0 Å². The van der Waals surface area contributed by atoms with E-state index in [2.05, 4.69) is 81.4 Å². The number of anilines is 2. The number of amides is 4. The fraction of sp³-hybridized carbons (Fsp3) is 0.294. The number of nitrogens with zero attached hydrogens (tertiary/aromatic N) is 3. The van der Waals surface area contributed by atoms with E-state index in [0.29, 0.717) is 44.4 Å². The molecule has 7 aromatic carbocycles.